The Hall–Kier alpha value is -2.57. The number of carboxylic acids is 1. The minimum atomic E-state index is -0.865. The van der Waals surface area contributed by atoms with E-state index in [0.717, 1.165) is 12.8 Å². The molecule has 1 saturated heterocycles. The lowest BCUT2D eigenvalue weighted by Crippen LogP contribution is -2.47. The Bertz CT molecular complexity index is 770. The van der Waals surface area contributed by atoms with Gasteiger partial charge in [-0.25, -0.2) is 0 Å². The normalized spacial score (nSPS) is 16.8. The molecule has 1 atom stereocenters. The van der Waals surface area contributed by atoms with Gasteiger partial charge in [0, 0.05) is 11.8 Å². The molecule has 0 spiro atoms. The maximum absolute atomic E-state index is 12.3. The second kappa shape index (κ2) is 9.94. The molecule has 0 radical (unpaired) electrons. The van der Waals surface area contributed by atoms with E-state index in [2.05, 4.69) is 5.32 Å². The van der Waals surface area contributed by atoms with Crippen molar-refractivity contribution in [3.63, 3.8) is 0 Å². The van der Waals surface area contributed by atoms with Crippen LogP contribution in [0.5, 0.6) is 11.5 Å². The van der Waals surface area contributed by atoms with Crippen molar-refractivity contribution in [2.45, 2.75) is 25.3 Å². The Morgan fingerprint density at radius 1 is 1.07 bits per heavy atom. The fourth-order valence-electron chi connectivity index (χ4n) is 3.11. The molecule has 0 saturated carbocycles. The van der Waals surface area contributed by atoms with Gasteiger partial charge in [-0.05, 0) is 43.7 Å². The molecule has 3 rings (SSSR count). The summed E-state index contributed by atoms with van der Waals surface area (Å²) < 4.78 is 5.76. The number of likely N-dealkylation sites (tertiary alicyclic amines) is 1. The van der Waals surface area contributed by atoms with Gasteiger partial charge in [-0.2, -0.15) is 0 Å². The Balaban J connectivity index is 0.00000261. The predicted molar refractivity (Wildman–Crippen MR) is 106 cm³/mol. The fraction of sp³-hybridized carbons (Fsp3) is 0.300. The number of benzene rings is 2. The minimum Gasteiger partial charge on any atom is -0.480 e. The van der Waals surface area contributed by atoms with Gasteiger partial charge in [-0.3, -0.25) is 14.5 Å². The molecule has 1 amide bonds. The summed E-state index contributed by atoms with van der Waals surface area (Å²) in [5, 5.41) is 12.1. The molecular formula is C20H23ClN2O4. The molecule has 0 bridgehead atoms. The van der Waals surface area contributed by atoms with Crippen molar-refractivity contribution < 1.29 is 19.4 Å². The molecule has 2 N–H and O–H groups in total. The Kier molecular flexibility index (Phi) is 7.64. The first kappa shape index (κ1) is 20.7. The highest BCUT2D eigenvalue weighted by molar-refractivity contribution is 5.92. The van der Waals surface area contributed by atoms with Gasteiger partial charge in [0.05, 0.1) is 6.54 Å². The fourth-order valence-corrected chi connectivity index (χ4v) is 3.11. The molecule has 1 unspecified atom stereocenters. The quantitative estimate of drug-likeness (QED) is 0.784. The second-order valence-electron chi connectivity index (χ2n) is 6.31. The minimum absolute atomic E-state index is 0. The zero-order chi connectivity index (χ0) is 18.4. The number of hydrogen-bond acceptors (Lipinski definition) is 4. The van der Waals surface area contributed by atoms with Crippen LogP contribution >= 0.6 is 12.4 Å². The van der Waals surface area contributed by atoms with Crippen LogP contribution in [-0.4, -0.2) is 41.0 Å². The largest absolute Gasteiger partial charge is 0.480 e. The molecule has 1 aliphatic heterocycles. The number of carbonyl (C=O) groups excluding carboxylic acids is 1. The molecule has 1 heterocycles. The van der Waals surface area contributed by atoms with E-state index < -0.39 is 12.0 Å². The summed E-state index contributed by atoms with van der Waals surface area (Å²) in [6, 6.07) is 16.0. The molecule has 7 heteroatoms. The number of carbonyl (C=O) groups is 2. The van der Waals surface area contributed by atoms with Gasteiger partial charge < -0.3 is 15.2 Å². The van der Waals surface area contributed by atoms with Crippen LogP contribution in [0.2, 0.25) is 0 Å². The molecule has 2 aromatic rings. The van der Waals surface area contributed by atoms with Crippen molar-refractivity contribution in [3.05, 3.63) is 54.6 Å². The average Bonchev–Trinajstić information content (AvgIpc) is 2.63. The first-order valence-electron chi connectivity index (χ1n) is 8.71. The van der Waals surface area contributed by atoms with Crippen molar-refractivity contribution in [3.8, 4) is 11.5 Å². The zero-order valence-corrected chi connectivity index (χ0v) is 15.7. The number of aliphatic carboxylic acids is 1. The van der Waals surface area contributed by atoms with Crippen molar-refractivity contribution in [2.24, 2.45) is 0 Å². The molecule has 2 aromatic carbocycles. The van der Waals surface area contributed by atoms with Crippen LogP contribution in [-0.2, 0) is 9.59 Å². The molecule has 27 heavy (non-hydrogen) atoms. The summed E-state index contributed by atoms with van der Waals surface area (Å²) in [5.74, 6) is 0.245. The second-order valence-corrected chi connectivity index (χ2v) is 6.31. The van der Waals surface area contributed by atoms with Gasteiger partial charge in [0.2, 0.25) is 5.91 Å². The van der Waals surface area contributed by atoms with Gasteiger partial charge in [0.1, 0.15) is 17.5 Å². The Morgan fingerprint density at radius 3 is 2.56 bits per heavy atom. The Labute approximate surface area is 164 Å². The summed E-state index contributed by atoms with van der Waals surface area (Å²) in [6.45, 7) is 0.697. The van der Waals surface area contributed by atoms with E-state index in [9.17, 15) is 14.7 Å². The van der Waals surface area contributed by atoms with E-state index >= 15 is 0 Å². The lowest BCUT2D eigenvalue weighted by molar-refractivity contribution is -0.145. The Morgan fingerprint density at radius 2 is 1.81 bits per heavy atom. The van der Waals surface area contributed by atoms with E-state index in [-0.39, 0.29) is 24.9 Å². The summed E-state index contributed by atoms with van der Waals surface area (Å²) in [5.41, 5.74) is 0.618. The summed E-state index contributed by atoms with van der Waals surface area (Å²) in [4.78, 5) is 25.4. The third-order valence-electron chi connectivity index (χ3n) is 4.34. The van der Waals surface area contributed by atoms with Gasteiger partial charge in [-0.1, -0.05) is 30.7 Å². The van der Waals surface area contributed by atoms with Crippen molar-refractivity contribution in [1.82, 2.24) is 4.90 Å². The first-order chi connectivity index (χ1) is 12.6. The molecule has 144 valence electrons. The first-order valence-corrected chi connectivity index (χ1v) is 8.71. The van der Waals surface area contributed by atoms with E-state index in [1.54, 1.807) is 23.1 Å². The van der Waals surface area contributed by atoms with Gasteiger partial charge in [0.15, 0.2) is 0 Å². The lowest BCUT2D eigenvalue weighted by Gasteiger charge is -2.32. The summed E-state index contributed by atoms with van der Waals surface area (Å²) in [6.07, 6.45) is 2.38. The van der Waals surface area contributed by atoms with Gasteiger partial charge in [0.25, 0.3) is 0 Å². The van der Waals surface area contributed by atoms with Crippen LogP contribution in [0, 0.1) is 0 Å². The summed E-state index contributed by atoms with van der Waals surface area (Å²) in [7, 11) is 0. The number of hydrogen-bond donors (Lipinski definition) is 2. The van der Waals surface area contributed by atoms with Crippen LogP contribution in [0.25, 0.3) is 0 Å². The number of halogens is 1. The SMILES string of the molecule is Cl.O=C(CN1CCCCC1C(=O)O)Nc1cccc(Oc2ccccc2)c1. The highest BCUT2D eigenvalue weighted by atomic mass is 35.5. The number of nitrogens with one attached hydrogen (secondary N) is 1. The molecule has 6 nitrogen and oxygen atoms in total. The summed E-state index contributed by atoms with van der Waals surface area (Å²) >= 11 is 0. The molecule has 1 aliphatic rings. The van der Waals surface area contributed by atoms with E-state index in [1.807, 2.05) is 36.4 Å². The third kappa shape index (κ3) is 5.98. The number of piperidine rings is 1. The number of nitrogens with zero attached hydrogens (tertiary/aromatic N) is 1. The standard InChI is InChI=1S/C20H22N2O4.ClH/c23-19(14-22-12-5-4-11-18(22)20(24)25)21-15-7-6-10-17(13-15)26-16-8-2-1-3-9-16;/h1-3,6-10,13,18H,4-5,11-12,14H2,(H,21,23)(H,24,25);1H. The topological polar surface area (TPSA) is 78.9 Å². The average molecular weight is 391 g/mol. The number of amides is 1. The molecule has 0 aromatic heterocycles. The third-order valence-corrected chi connectivity index (χ3v) is 4.34. The maximum Gasteiger partial charge on any atom is 0.320 e. The van der Waals surface area contributed by atoms with E-state index in [1.165, 1.54) is 0 Å². The zero-order valence-electron chi connectivity index (χ0n) is 14.8. The van der Waals surface area contributed by atoms with Crippen molar-refractivity contribution in [2.75, 3.05) is 18.4 Å². The predicted octanol–water partition coefficient (Wildman–Crippen LogP) is 3.78. The highest BCUT2D eigenvalue weighted by Crippen LogP contribution is 2.24. The van der Waals surface area contributed by atoms with Crippen molar-refractivity contribution >= 4 is 30.0 Å². The highest BCUT2D eigenvalue weighted by Gasteiger charge is 2.29. The van der Waals surface area contributed by atoms with Crippen LogP contribution in [0.15, 0.2) is 54.6 Å². The molecular weight excluding hydrogens is 368 g/mol. The van der Waals surface area contributed by atoms with E-state index in [4.69, 9.17) is 4.74 Å². The number of para-hydroxylation sites is 1. The smallest absolute Gasteiger partial charge is 0.320 e. The monoisotopic (exact) mass is 390 g/mol. The lowest BCUT2D eigenvalue weighted by atomic mass is 10.0. The van der Waals surface area contributed by atoms with Crippen LogP contribution < -0.4 is 10.1 Å². The molecule has 0 aliphatic carbocycles. The number of ether oxygens (including phenoxy) is 1. The van der Waals surface area contributed by atoms with Crippen LogP contribution in [0.1, 0.15) is 19.3 Å². The van der Waals surface area contributed by atoms with Crippen LogP contribution in [0.3, 0.4) is 0 Å². The van der Waals surface area contributed by atoms with Crippen molar-refractivity contribution in [1.29, 1.82) is 0 Å². The van der Waals surface area contributed by atoms with Gasteiger partial charge >= 0.3 is 5.97 Å². The maximum atomic E-state index is 12.3. The number of carboxylic acid groups (broad SMARTS) is 1. The van der Waals surface area contributed by atoms with Crippen LogP contribution in [0.4, 0.5) is 5.69 Å². The number of rotatable bonds is 6. The van der Waals surface area contributed by atoms with Gasteiger partial charge in [-0.15, -0.1) is 12.4 Å². The number of anilines is 1. The van der Waals surface area contributed by atoms with E-state index in [0.29, 0.717) is 30.2 Å². The molecule has 1 fully saturated rings.